The Morgan fingerprint density at radius 1 is 1.43 bits per heavy atom. The Kier molecular flexibility index (Phi) is 4.93. The van der Waals surface area contributed by atoms with Crippen LogP contribution in [0.2, 0.25) is 0 Å². The van der Waals surface area contributed by atoms with Crippen molar-refractivity contribution in [3.8, 4) is 5.75 Å². The van der Waals surface area contributed by atoms with E-state index in [9.17, 15) is 9.50 Å². The van der Waals surface area contributed by atoms with Crippen molar-refractivity contribution in [2.45, 2.75) is 31.9 Å². The molecule has 0 amide bonds. The van der Waals surface area contributed by atoms with Gasteiger partial charge in [0.1, 0.15) is 35.7 Å². The third kappa shape index (κ3) is 4.09. The van der Waals surface area contributed by atoms with E-state index in [1.165, 1.54) is 12.1 Å². The van der Waals surface area contributed by atoms with Crippen molar-refractivity contribution < 1.29 is 18.8 Å². The van der Waals surface area contributed by atoms with Gasteiger partial charge in [-0.1, -0.05) is 5.16 Å². The molecule has 0 spiro atoms. The van der Waals surface area contributed by atoms with Crippen LogP contribution < -0.4 is 4.74 Å². The molecular weight excluding hydrogens is 299 g/mol. The zero-order valence-electron chi connectivity index (χ0n) is 13.1. The van der Waals surface area contributed by atoms with Crippen LogP contribution in [0.4, 0.5) is 4.39 Å². The first-order chi connectivity index (χ1) is 11.1. The molecule has 0 saturated carbocycles. The molecule has 3 rings (SSSR count). The highest BCUT2D eigenvalue weighted by Crippen LogP contribution is 2.31. The summed E-state index contributed by atoms with van der Waals surface area (Å²) in [7, 11) is 0. The number of hydrogen-bond donors (Lipinski definition) is 1. The number of β-amino-alcohol motifs (C(OH)–C–C–N with tert-alkyl or cyclic N) is 1. The van der Waals surface area contributed by atoms with Gasteiger partial charge in [0.2, 0.25) is 0 Å². The van der Waals surface area contributed by atoms with Crippen LogP contribution in [0.5, 0.6) is 5.75 Å². The average Bonchev–Trinajstić information content (AvgIpc) is 3.15. The number of ether oxygens (including phenoxy) is 1. The van der Waals surface area contributed by atoms with Crippen LogP contribution in [0, 0.1) is 12.7 Å². The lowest BCUT2D eigenvalue weighted by Crippen LogP contribution is -2.35. The first kappa shape index (κ1) is 16.0. The summed E-state index contributed by atoms with van der Waals surface area (Å²) >= 11 is 0. The van der Waals surface area contributed by atoms with Gasteiger partial charge in [0, 0.05) is 12.6 Å². The lowest BCUT2D eigenvalue weighted by atomic mass is 10.1. The van der Waals surface area contributed by atoms with E-state index in [0.29, 0.717) is 12.3 Å². The fourth-order valence-corrected chi connectivity index (χ4v) is 2.97. The second-order valence-electron chi connectivity index (χ2n) is 5.93. The van der Waals surface area contributed by atoms with E-state index in [2.05, 4.69) is 10.1 Å². The van der Waals surface area contributed by atoms with E-state index in [0.717, 1.165) is 30.8 Å². The topological polar surface area (TPSA) is 58.7 Å². The summed E-state index contributed by atoms with van der Waals surface area (Å²) in [6.07, 6.45) is 1.47. The minimum atomic E-state index is -0.617. The number of likely N-dealkylation sites (tertiary alicyclic amines) is 1. The first-order valence-corrected chi connectivity index (χ1v) is 7.85. The monoisotopic (exact) mass is 320 g/mol. The molecular formula is C17H21FN2O3. The lowest BCUT2D eigenvalue weighted by Gasteiger charge is -2.25. The highest BCUT2D eigenvalue weighted by molar-refractivity contribution is 5.22. The van der Waals surface area contributed by atoms with E-state index in [-0.39, 0.29) is 18.5 Å². The maximum absolute atomic E-state index is 12.8. The van der Waals surface area contributed by atoms with Gasteiger partial charge in [-0.3, -0.25) is 4.90 Å². The van der Waals surface area contributed by atoms with Crippen LogP contribution in [0.1, 0.15) is 30.3 Å². The Morgan fingerprint density at radius 3 is 2.91 bits per heavy atom. The van der Waals surface area contributed by atoms with Crippen molar-refractivity contribution in [3.63, 3.8) is 0 Å². The SMILES string of the molecule is Cc1cc([C@@H]2CCCN2C[C@H](O)COc2ccc(F)cc2)no1. The van der Waals surface area contributed by atoms with Crippen molar-refractivity contribution in [2.75, 3.05) is 19.7 Å². The van der Waals surface area contributed by atoms with E-state index in [1.54, 1.807) is 12.1 Å². The van der Waals surface area contributed by atoms with Gasteiger partial charge in [0.15, 0.2) is 0 Å². The average molecular weight is 320 g/mol. The minimum absolute atomic E-state index is 0.173. The zero-order valence-corrected chi connectivity index (χ0v) is 13.1. The third-order valence-corrected chi connectivity index (χ3v) is 4.05. The molecule has 0 radical (unpaired) electrons. The number of aryl methyl sites for hydroxylation is 1. The molecule has 1 fully saturated rings. The van der Waals surface area contributed by atoms with Crippen molar-refractivity contribution in [1.82, 2.24) is 10.1 Å². The molecule has 23 heavy (non-hydrogen) atoms. The van der Waals surface area contributed by atoms with Crippen molar-refractivity contribution in [2.24, 2.45) is 0 Å². The molecule has 1 aliphatic heterocycles. The number of hydrogen-bond acceptors (Lipinski definition) is 5. The molecule has 0 aliphatic carbocycles. The predicted molar refractivity (Wildman–Crippen MR) is 82.7 cm³/mol. The molecule has 1 aromatic carbocycles. The van der Waals surface area contributed by atoms with E-state index < -0.39 is 6.10 Å². The van der Waals surface area contributed by atoms with Gasteiger partial charge >= 0.3 is 0 Å². The second-order valence-corrected chi connectivity index (χ2v) is 5.93. The van der Waals surface area contributed by atoms with Gasteiger partial charge in [-0.05, 0) is 50.6 Å². The Bertz CT molecular complexity index is 629. The number of aliphatic hydroxyl groups is 1. The van der Waals surface area contributed by atoms with Crippen LogP contribution in [-0.4, -0.2) is 41.0 Å². The van der Waals surface area contributed by atoms with Gasteiger partial charge < -0.3 is 14.4 Å². The summed E-state index contributed by atoms with van der Waals surface area (Å²) in [5.41, 5.74) is 0.923. The standard InChI is InChI=1S/C17H21FN2O3/c1-12-9-16(19-23-12)17-3-2-8-20(17)10-14(21)11-22-15-6-4-13(18)5-7-15/h4-7,9,14,17,21H,2-3,8,10-11H2,1H3/t14-,17-/m0/s1. The fraction of sp³-hybridized carbons (Fsp3) is 0.471. The smallest absolute Gasteiger partial charge is 0.133 e. The number of benzene rings is 1. The number of rotatable bonds is 6. The van der Waals surface area contributed by atoms with Crippen LogP contribution in [0.3, 0.4) is 0 Å². The highest BCUT2D eigenvalue weighted by atomic mass is 19.1. The van der Waals surface area contributed by atoms with E-state index in [1.807, 2.05) is 13.0 Å². The number of aromatic nitrogens is 1. The zero-order chi connectivity index (χ0) is 16.2. The lowest BCUT2D eigenvalue weighted by molar-refractivity contribution is 0.0628. The number of halogens is 1. The largest absolute Gasteiger partial charge is 0.491 e. The Hall–Kier alpha value is -1.92. The number of nitrogens with zero attached hydrogens (tertiary/aromatic N) is 2. The third-order valence-electron chi connectivity index (χ3n) is 4.05. The van der Waals surface area contributed by atoms with Gasteiger partial charge in [-0.15, -0.1) is 0 Å². The summed E-state index contributed by atoms with van der Waals surface area (Å²) in [5, 5.41) is 14.3. The molecule has 2 atom stereocenters. The summed E-state index contributed by atoms with van der Waals surface area (Å²) in [6.45, 7) is 3.48. The molecule has 1 aliphatic rings. The molecule has 0 bridgehead atoms. The van der Waals surface area contributed by atoms with Gasteiger partial charge in [0.25, 0.3) is 0 Å². The van der Waals surface area contributed by atoms with Crippen LogP contribution >= 0.6 is 0 Å². The normalized spacial score (nSPS) is 19.9. The Morgan fingerprint density at radius 2 is 2.22 bits per heavy atom. The first-order valence-electron chi connectivity index (χ1n) is 7.85. The fourth-order valence-electron chi connectivity index (χ4n) is 2.97. The van der Waals surface area contributed by atoms with E-state index in [4.69, 9.17) is 9.26 Å². The quantitative estimate of drug-likeness (QED) is 0.887. The van der Waals surface area contributed by atoms with Crippen molar-refractivity contribution in [1.29, 1.82) is 0 Å². The number of aliphatic hydroxyl groups excluding tert-OH is 1. The maximum Gasteiger partial charge on any atom is 0.133 e. The van der Waals surface area contributed by atoms with Crippen molar-refractivity contribution in [3.05, 3.63) is 47.6 Å². The van der Waals surface area contributed by atoms with Crippen LogP contribution in [-0.2, 0) is 0 Å². The molecule has 2 heterocycles. The van der Waals surface area contributed by atoms with Crippen molar-refractivity contribution >= 4 is 0 Å². The molecule has 1 N–H and O–H groups in total. The van der Waals surface area contributed by atoms with Gasteiger partial charge in [-0.2, -0.15) is 0 Å². The molecule has 5 nitrogen and oxygen atoms in total. The Labute approximate surface area is 134 Å². The molecule has 124 valence electrons. The molecule has 2 aromatic rings. The highest BCUT2D eigenvalue weighted by Gasteiger charge is 2.29. The predicted octanol–water partition coefficient (Wildman–Crippen LogP) is 2.70. The second kappa shape index (κ2) is 7.10. The molecule has 1 saturated heterocycles. The minimum Gasteiger partial charge on any atom is -0.491 e. The summed E-state index contributed by atoms with van der Waals surface area (Å²) < 4.78 is 23.5. The van der Waals surface area contributed by atoms with Crippen LogP contribution in [0.25, 0.3) is 0 Å². The molecule has 1 aromatic heterocycles. The van der Waals surface area contributed by atoms with Gasteiger partial charge in [0.05, 0.1) is 6.04 Å². The van der Waals surface area contributed by atoms with Gasteiger partial charge in [-0.25, -0.2) is 4.39 Å². The molecule has 0 unspecified atom stereocenters. The summed E-state index contributed by atoms with van der Waals surface area (Å²) in [5.74, 6) is 1.04. The van der Waals surface area contributed by atoms with E-state index >= 15 is 0 Å². The molecule has 6 heteroatoms. The van der Waals surface area contributed by atoms with Crippen LogP contribution in [0.15, 0.2) is 34.9 Å². The maximum atomic E-state index is 12.8. The Balaban J connectivity index is 1.52. The summed E-state index contributed by atoms with van der Waals surface area (Å²) in [6, 6.07) is 7.92. The summed E-state index contributed by atoms with van der Waals surface area (Å²) in [4.78, 5) is 2.20.